The van der Waals surface area contributed by atoms with Crippen LogP contribution >= 0.6 is 0 Å². The van der Waals surface area contributed by atoms with E-state index in [9.17, 15) is 19.2 Å². The lowest BCUT2D eigenvalue weighted by Gasteiger charge is -2.19. The Hall–Kier alpha value is -2.36. The molecule has 222 valence electrons. The van der Waals surface area contributed by atoms with E-state index in [-0.39, 0.29) is 70.6 Å². The lowest BCUT2D eigenvalue weighted by atomic mass is 10.2. The summed E-state index contributed by atoms with van der Waals surface area (Å²) in [5, 5.41) is 7.91. The van der Waals surface area contributed by atoms with Crippen LogP contribution in [0.1, 0.15) is 27.7 Å². The van der Waals surface area contributed by atoms with Gasteiger partial charge in [0.2, 0.25) is 17.7 Å². The van der Waals surface area contributed by atoms with Crippen LogP contribution in [-0.2, 0) is 52.3 Å². The SMILES string of the molecule is CC(=O)NCCOCCOCC(=O)NCCOCCOCC(=O)NCCOCCOCC(=O)OC(C)(C)C. The van der Waals surface area contributed by atoms with Gasteiger partial charge >= 0.3 is 5.97 Å². The van der Waals surface area contributed by atoms with Gasteiger partial charge in [-0.2, -0.15) is 0 Å². The molecule has 38 heavy (non-hydrogen) atoms. The minimum atomic E-state index is -0.545. The van der Waals surface area contributed by atoms with Gasteiger partial charge in [-0.25, -0.2) is 4.79 Å². The lowest BCUT2D eigenvalue weighted by molar-refractivity contribution is -0.160. The van der Waals surface area contributed by atoms with E-state index in [4.69, 9.17) is 33.2 Å². The molecule has 0 unspecified atom stereocenters. The van der Waals surface area contributed by atoms with Crippen molar-refractivity contribution in [3.05, 3.63) is 0 Å². The fraction of sp³-hybridized carbons (Fsp3) is 0.833. The van der Waals surface area contributed by atoms with Crippen LogP contribution in [0.15, 0.2) is 0 Å². The topological polar surface area (TPSA) is 169 Å². The highest BCUT2D eigenvalue weighted by Crippen LogP contribution is 2.06. The van der Waals surface area contributed by atoms with E-state index in [1.165, 1.54) is 6.92 Å². The monoisotopic (exact) mass is 551 g/mol. The van der Waals surface area contributed by atoms with Crippen molar-refractivity contribution >= 4 is 23.7 Å². The molecule has 0 aliphatic rings. The zero-order chi connectivity index (χ0) is 28.5. The van der Waals surface area contributed by atoms with Crippen molar-refractivity contribution in [1.29, 1.82) is 0 Å². The molecule has 0 aliphatic carbocycles. The summed E-state index contributed by atoms with van der Waals surface area (Å²) in [6.07, 6.45) is 0. The first-order chi connectivity index (χ1) is 18.1. The van der Waals surface area contributed by atoms with Gasteiger partial charge in [0.15, 0.2) is 0 Å². The van der Waals surface area contributed by atoms with Crippen LogP contribution in [0.4, 0.5) is 0 Å². The normalized spacial score (nSPS) is 11.2. The number of rotatable bonds is 24. The smallest absolute Gasteiger partial charge is 0.332 e. The third-order valence-electron chi connectivity index (χ3n) is 3.98. The van der Waals surface area contributed by atoms with Crippen LogP contribution < -0.4 is 16.0 Å². The van der Waals surface area contributed by atoms with Crippen LogP contribution in [0.5, 0.6) is 0 Å². The fourth-order valence-electron chi connectivity index (χ4n) is 2.44. The summed E-state index contributed by atoms with van der Waals surface area (Å²) in [5.41, 5.74) is -0.545. The molecule has 3 amide bonds. The van der Waals surface area contributed by atoms with Crippen molar-refractivity contribution in [2.45, 2.75) is 33.3 Å². The molecule has 0 aromatic rings. The molecule has 0 atom stereocenters. The van der Waals surface area contributed by atoms with Crippen LogP contribution in [-0.4, -0.2) is 128 Å². The number of nitrogens with one attached hydrogen (secondary N) is 3. The van der Waals surface area contributed by atoms with Gasteiger partial charge in [-0.3, -0.25) is 14.4 Å². The van der Waals surface area contributed by atoms with Gasteiger partial charge in [0, 0.05) is 26.6 Å². The number of ether oxygens (including phenoxy) is 7. The molecule has 14 heteroatoms. The van der Waals surface area contributed by atoms with E-state index < -0.39 is 11.6 Å². The van der Waals surface area contributed by atoms with Gasteiger partial charge in [-0.1, -0.05) is 0 Å². The molecule has 0 radical (unpaired) electrons. The zero-order valence-electron chi connectivity index (χ0n) is 23.1. The molecule has 0 aliphatic heterocycles. The molecule has 0 aromatic heterocycles. The van der Waals surface area contributed by atoms with Gasteiger partial charge in [0.25, 0.3) is 0 Å². The second-order valence-electron chi connectivity index (χ2n) is 8.76. The predicted octanol–water partition coefficient (Wildman–Crippen LogP) is -1.20. The summed E-state index contributed by atoms with van der Waals surface area (Å²) in [7, 11) is 0. The maximum absolute atomic E-state index is 11.7. The summed E-state index contributed by atoms with van der Waals surface area (Å²) in [4.78, 5) is 45.4. The number of esters is 1. The van der Waals surface area contributed by atoms with Crippen LogP contribution in [0.2, 0.25) is 0 Å². The van der Waals surface area contributed by atoms with Gasteiger partial charge in [0.1, 0.15) is 25.4 Å². The number of carbonyl (C=O) groups excluding carboxylic acids is 4. The second kappa shape index (κ2) is 23.7. The van der Waals surface area contributed by atoms with Crippen molar-refractivity contribution < 1.29 is 52.3 Å². The highest BCUT2D eigenvalue weighted by molar-refractivity contribution is 5.77. The van der Waals surface area contributed by atoms with Crippen molar-refractivity contribution in [3.63, 3.8) is 0 Å². The van der Waals surface area contributed by atoms with Gasteiger partial charge in [0.05, 0.1) is 59.5 Å². The molecule has 3 N–H and O–H groups in total. The number of hydrogen-bond donors (Lipinski definition) is 3. The Balaban J connectivity index is 3.36. The summed E-state index contributed by atoms with van der Waals surface area (Å²) in [5.74, 6) is -1.09. The average Bonchev–Trinajstić information content (AvgIpc) is 2.82. The minimum absolute atomic E-state index is 0.0831. The van der Waals surface area contributed by atoms with Crippen molar-refractivity contribution in [2.75, 3.05) is 98.9 Å². The molecule has 0 bridgehead atoms. The Morgan fingerprint density at radius 2 is 0.895 bits per heavy atom. The molecular weight excluding hydrogens is 506 g/mol. The van der Waals surface area contributed by atoms with Gasteiger partial charge in [-0.15, -0.1) is 0 Å². The molecule has 14 nitrogen and oxygen atoms in total. The lowest BCUT2D eigenvalue weighted by Crippen LogP contribution is -2.32. The van der Waals surface area contributed by atoms with Gasteiger partial charge in [-0.05, 0) is 20.8 Å². The third-order valence-corrected chi connectivity index (χ3v) is 3.98. The Bertz CT molecular complexity index is 657. The second-order valence-corrected chi connectivity index (χ2v) is 8.76. The highest BCUT2D eigenvalue weighted by Gasteiger charge is 2.15. The van der Waals surface area contributed by atoms with E-state index in [1.54, 1.807) is 20.8 Å². The maximum Gasteiger partial charge on any atom is 0.332 e. The summed E-state index contributed by atoms with van der Waals surface area (Å²) >= 11 is 0. The largest absolute Gasteiger partial charge is 0.458 e. The summed E-state index contributed by atoms with van der Waals surface area (Å²) in [6, 6.07) is 0. The molecular formula is C24H45N3O11. The first kappa shape index (κ1) is 35.6. The quantitative estimate of drug-likeness (QED) is 0.0973. The Morgan fingerprint density at radius 3 is 1.29 bits per heavy atom. The number of hydrogen-bond acceptors (Lipinski definition) is 11. The van der Waals surface area contributed by atoms with Crippen molar-refractivity contribution in [2.24, 2.45) is 0 Å². The molecule has 0 heterocycles. The predicted molar refractivity (Wildman–Crippen MR) is 135 cm³/mol. The Labute approximate surface area is 224 Å². The Kier molecular flexibility index (Phi) is 22.3. The molecule has 0 spiro atoms. The fourth-order valence-corrected chi connectivity index (χ4v) is 2.44. The molecule has 0 rings (SSSR count). The average molecular weight is 552 g/mol. The van der Waals surface area contributed by atoms with Crippen LogP contribution in [0.25, 0.3) is 0 Å². The van der Waals surface area contributed by atoms with Crippen LogP contribution in [0, 0.1) is 0 Å². The zero-order valence-corrected chi connectivity index (χ0v) is 23.1. The summed E-state index contributed by atoms with van der Waals surface area (Å²) < 4.78 is 36.5. The highest BCUT2D eigenvalue weighted by atomic mass is 16.6. The minimum Gasteiger partial charge on any atom is -0.458 e. The van der Waals surface area contributed by atoms with Crippen molar-refractivity contribution in [1.82, 2.24) is 16.0 Å². The third kappa shape index (κ3) is 28.2. The van der Waals surface area contributed by atoms with E-state index in [1.807, 2.05) is 0 Å². The van der Waals surface area contributed by atoms with E-state index in [2.05, 4.69) is 16.0 Å². The van der Waals surface area contributed by atoms with E-state index in [0.717, 1.165) is 0 Å². The Morgan fingerprint density at radius 1 is 0.526 bits per heavy atom. The van der Waals surface area contributed by atoms with Crippen molar-refractivity contribution in [3.8, 4) is 0 Å². The van der Waals surface area contributed by atoms with E-state index in [0.29, 0.717) is 46.1 Å². The van der Waals surface area contributed by atoms with Crippen LogP contribution in [0.3, 0.4) is 0 Å². The number of amides is 3. The molecule has 0 saturated heterocycles. The standard InChI is InChI=1S/C24H45N3O11/c1-20(28)25-5-8-32-11-14-35-17-21(29)26-6-9-33-12-15-36-18-22(30)27-7-10-34-13-16-37-19-23(31)38-24(2,3)4/h5-19H2,1-4H3,(H,25,28)(H,26,29)(H,27,30). The first-order valence-electron chi connectivity index (χ1n) is 12.6. The van der Waals surface area contributed by atoms with E-state index >= 15 is 0 Å². The molecule has 0 fully saturated rings. The maximum atomic E-state index is 11.7. The van der Waals surface area contributed by atoms with Gasteiger partial charge < -0.3 is 49.1 Å². The summed E-state index contributed by atoms with van der Waals surface area (Å²) in [6.45, 7) is 10.2. The number of carbonyl (C=O) groups is 4. The molecule has 0 aromatic carbocycles. The molecule has 0 saturated carbocycles. The first-order valence-corrected chi connectivity index (χ1v) is 12.6.